The lowest BCUT2D eigenvalue weighted by Crippen LogP contribution is -2.23. The van der Waals surface area contributed by atoms with Crippen LogP contribution >= 0.6 is 15.9 Å². The molecule has 5 nitrogen and oxygen atoms in total. The van der Waals surface area contributed by atoms with Crippen molar-refractivity contribution in [3.63, 3.8) is 0 Å². The maximum absolute atomic E-state index is 9.46. The summed E-state index contributed by atoms with van der Waals surface area (Å²) >= 11 is 3.41. The lowest BCUT2D eigenvalue weighted by atomic mass is 10.3. The second-order valence-electron chi connectivity index (χ2n) is 3.50. The van der Waals surface area contributed by atoms with Gasteiger partial charge in [-0.1, -0.05) is 0 Å². The number of aromatic nitrogens is 2. The van der Waals surface area contributed by atoms with Crippen molar-refractivity contribution in [2.45, 2.75) is 12.5 Å². The van der Waals surface area contributed by atoms with Gasteiger partial charge in [-0.15, -0.1) is 0 Å². The fourth-order valence-electron chi connectivity index (χ4n) is 1.63. The normalized spacial score (nSPS) is 20.7. The summed E-state index contributed by atoms with van der Waals surface area (Å²) in [5.41, 5.74) is 0. The van der Waals surface area contributed by atoms with Crippen LogP contribution in [-0.4, -0.2) is 41.3 Å². The van der Waals surface area contributed by atoms with Gasteiger partial charge in [0.25, 0.3) is 0 Å². The minimum atomic E-state index is -0.245. The number of hydrogen-bond acceptors (Lipinski definition) is 5. The SMILES string of the molecule is CNc1ncc(Br)c(N2CCC(O)C2)n1. The highest BCUT2D eigenvalue weighted by Gasteiger charge is 2.23. The van der Waals surface area contributed by atoms with Gasteiger partial charge in [-0.3, -0.25) is 0 Å². The van der Waals surface area contributed by atoms with E-state index < -0.39 is 0 Å². The number of hydrogen-bond donors (Lipinski definition) is 2. The molecule has 1 aromatic rings. The first-order valence-electron chi connectivity index (χ1n) is 4.84. The molecule has 6 heteroatoms. The van der Waals surface area contributed by atoms with Crippen molar-refractivity contribution in [3.8, 4) is 0 Å². The highest BCUT2D eigenvalue weighted by Crippen LogP contribution is 2.27. The van der Waals surface area contributed by atoms with Crippen molar-refractivity contribution in [2.75, 3.05) is 30.4 Å². The van der Waals surface area contributed by atoms with Crippen LogP contribution in [0.2, 0.25) is 0 Å². The van der Waals surface area contributed by atoms with Crippen molar-refractivity contribution in [3.05, 3.63) is 10.7 Å². The molecule has 1 aliphatic rings. The molecule has 0 saturated carbocycles. The van der Waals surface area contributed by atoms with Crippen LogP contribution in [0.25, 0.3) is 0 Å². The van der Waals surface area contributed by atoms with Gasteiger partial charge < -0.3 is 15.3 Å². The zero-order chi connectivity index (χ0) is 10.8. The molecule has 15 heavy (non-hydrogen) atoms. The van der Waals surface area contributed by atoms with E-state index in [4.69, 9.17) is 0 Å². The molecule has 0 aromatic carbocycles. The third-order valence-electron chi connectivity index (χ3n) is 2.41. The summed E-state index contributed by atoms with van der Waals surface area (Å²) in [6.07, 6.45) is 2.27. The highest BCUT2D eigenvalue weighted by molar-refractivity contribution is 9.10. The second-order valence-corrected chi connectivity index (χ2v) is 4.36. The number of aliphatic hydroxyl groups is 1. The molecule has 2 heterocycles. The highest BCUT2D eigenvalue weighted by atomic mass is 79.9. The van der Waals surface area contributed by atoms with Gasteiger partial charge >= 0.3 is 0 Å². The van der Waals surface area contributed by atoms with Crippen LogP contribution in [0.15, 0.2) is 10.7 Å². The Kier molecular flexibility index (Phi) is 3.06. The van der Waals surface area contributed by atoms with Gasteiger partial charge in [0.1, 0.15) is 5.82 Å². The quantitative estimate of drug-likeness (QED) is 0.836. The van der Waals surface area contributed by atoms with Crippen LogP contribution in [0.3, 0.4) is 0 Å². The predicted molar refractivity (Wildman–Crippen MR) is 62.1 cm³/mol. The first-order valence-corrected chi connectivity index (χ1v) is 5.63. The van der Waals surface area contributed by atoms with Gasteiger partial charge in [-0.25, -0.2) is 4.98 Å². The fourth-order valence-corrected chi connectivity index (χ4v) is 2.08. The smallest absolute Gasteiger partial charge is 0.224 e. The molecule has 1 fully saturated rings. The van der Waals surface area contributed by atoms with Crippen LogP contribution in [0.1, 0.15) is 6.42 Å². The molecule has 2 N–H and O–H groups in total. The minimum absolute atomic E-state index is 0.245. The Morgan fingerprint density at radius 3 is 3.07 bits per heavy atom. The van der Waals surface area contributed by atoms with Gasteiger partial charge in [0.15, 0.2) is 0 Å². The Morgan fingerprint density at radius 1 is 1.67 bits per heavy atom. The van der Waals surface area contributed by atoms with E-state index in [-0.39, 0.29) is 6.10 Å². The Labute approximate surface area is 96.7 Å². The second kappa shape index (κ2) is 4.32. The standard InChI is InChI=1S/C9H13BrN4O/c1-11-9-12-4-7(10)8(13-9)14-3-2-6(15)5-14/h4,6,15H,2-3,5H2,1H3,(H,11,12,13). The summed E-state index contributed by atoms with van der Waals surface area (Å²) in [6.45, 7) is 1.47. The number of nitrogens with zero attached hydrogens (tertiary/aromatic N) is 3. The van der Waals surface area contributed by atoms with Crippen LogP contribution in [-0.2, 0) is 0 Å². The average molecular weight is 273 g/mol. The van der Waals surface area contributed by atoms with E-state index in [1.54, 1.807) is 13.2 Å². The number of rotatable bonds is 2. The Morgan fingerprint density at radius 2 is 2.47 bits per heavy atom. The van der Waals surface area contributed by atoms with E-state index in [2.05, 4.69) is 36.1 Å². The lowest BCUT2D eigenvalue weighted by Gasteiger charge is -2.18. The summed E-state index contributed by atoms with van der Waals surface area (Å²) in [4.78, 5) is 10.5. The molecule has 0 amide bonds. The molecule has 1 unspecified atom stereocenters. The Balaban J connectivity index is 2.26. The van der Waals surface area contributed by atoms with Crippen molar-refractivity contribution in [1.29, 1.82) is 0 Å². The molecular weight excluding hydrogens is 260 g/mol. The minimum Gasteiger partial charge on any atom is -0.391 e. The molecule has 0 spiro atoms. The largest absolute Gasteiger partial charge is 0.391 e. The molecule has 82 valence electrons. The van der Waals surface area contributed by atoms with E-state index in [0.29, 0.717) is 12.5 Å². The Hall–Kier alpha value is -0.880. The molecule has 0 bridgehead atoms. The van der Waals surface area contributed by atoms with Gasteiger partial charge in [0.2, 0.25) is 5.95 Å². The van der Waals surface area contributed by atoms with Crippen molar-refractivity contribution >= 4 is 27.7 Å². The van der Waals surface area contributed by atoms with Crippen LogP contribution in [0.4, 0.5) is 11.8 Å². The maximum atomic E-state index is 9.46. The van der Waals surface area contributed by atoms with E-state index >= 15 is 0 Å². The van der Waals surface area contributed by atoms with Crippen LogP contribution < -0.4 is 10.2 Å². The first-order chi connectivity index (χ1) is 7.20. The summed E-state index contributed by atoms with van der Waals surface area (Å²) in [7, 11) is 1.78. The molecule has 1 atom stereocenters. The zero-order valence-corrected chi connectivity index (χ0v) is 10.0. The van der Waals surface area contributed by atoms with E-state index in [1.165, 1.54) is 0 Å². The van der Waals surface area contributed by atoms with E-state index in [1.807, 2.05) is 0 Å². The van der Waals surface area contributed by atoms with Crippen molar-refractivity contribution in [1.82, 2.24) is 9.97 Å². The fraction of sp³-hybridized carbons (Fsp3) is 0.556. The first kappa shape index (κ1) is 10.6. The zero-order valence-electron chi connectivity index (χ0n) is 8.44. The molecular formula is C9H13BrN4O. The molecule has 0 aliphatic carbocycles. The van der Waals surface area contributed by atoms with Crippen molar-refractivity contribution in [2.24, 2.45) is 0 Å². The molecule has 1 aromatic heterocycles. The monoisotopic (exact) mass is 272 g/mol. The number of β-amino-alcohol motifs (C(OH)–C–C–N with tert-alkyl or cyclic N) is 1. The molecule has 1 saturated heterocycles. The average Bonchev–Trinajstić information content (AvgIpc) is 2.65. The maximum Gasteiger partial charge on any atom is 0.224 e. The van der Waals surface area contributed by atoms with Crippen molar-refractivity contribution < 1.29 is 5.11 Å². The Bertz CT molecular complexity index is 360. The third-order valence-corrected chi connectivity index (χ3v) is 2.97. The predicted octanol–water partition coefficient (Wildman–Crippen LogP) is 0.852. The van der Waals surface area contributed by atoms with Gasteiger partial charge in [-0.05, 0) is 22.4 Å². The number of nitrogens with one attached hydrogen (secondary N) is 1. The van der Waals surface area contributed by atoms with Gasteiger partial charge in [-0.2, -0.15) is 4.98 Å². The lowest BCUT2D eigenvalue weighted by molar-refractivity contribution is 0.198. The van der Waals surface area contributed by atoms with Gasteiger partial charge in [0.05, 0.1) is 10.6 Å². The van der Waals surface area contributed by atoms with Gasteiger partial charge in [0, 0.05) is 26.3 Å². The van der Waals surface area contributed by atoms with Crippen LogP contribution in [0, 0.1) is 0 Å². The molecule has 2 rings (SSSR count). The van der Waals surface area contributed by atoms with Crippen LogP contribution in [0.5, 0.6) is 0 Å². The summed E-state index contributed by atoms with van der Waals surface area (Å²) in [5.74, 6) is 1.43. The summed E-state index contributed by atoms with van der Waals surface area (Å²) in [6, 6.07) is 0. The number of aliphatic hydroxyl groups excluding tert-OH is 1. The summed E-state index contributed by atoms with van der Waals surface area (Å²) < 4.78 is 0.857. The molecule has 0 radical (unpaired) electrons. The van der Waals surface area contributed by atoms with E-state index in [0.717, 1.165) is 23.3 Å². The molecule has 1 aliphatic heterocycles. The summed E-state index contributed by atoms with van der Waals surface area (Å²) in [5, 5.41) is 12.4. The van der Waals surface area contributed by atoms with E-state index in [9.17, 15) is 5.11 Å². The number of anilines is 2. The third kappa shape index (κ3) is 2.21. The number of halogens is 1. The topological polar surface area (TPSA) is 61.3 Å².